The van der Waals surface area contributed by atoms with Crippen LogP contribution in [-0.4, -0.2) is 33.3 Å². The van der Waals surface area contributed by atoms with Crippen molar-refractivity contribution in [3.05, 3.63) is 22.7 Å². The average molecular weight is 283 g/mol. The fourth-order valence-corrected chi connectivity index (χ4v) is 1.82. The Labute approximate surface area is 116 Å². The lowest BCUT2D eigenvalue weighted by Crippen LogP contribution is -2.27. The number of hydrogen-bond donors (Lipinski definition) is 4. The lowest BCUT2D eigenvalue weighted by molar-refractivity contribution is 0.259. The summed E-state index contributed by atoms with van der Waals surface area (Å²) in [6.45, 7) is 0.654. The highest BCUT2D eigenvalue weighted by molar-refractivity contribution is 5.86. The van der Waals surface area contributed by atoms with E-state index in [9.17, 15) is 9.59 Å². The largest absolute Gasteiger partial charge is 0.396 e. The van der Waals surface area contributed by atoms with E-state index >= 15 is 0 Å². The number of anilines is 1. The maximum atomic E-state index is 11.7. The molecule has 0 bridgehead atoms. The molecule has 0 saturated carbocycles. The summed E-state index contributed by atoms with van der Waals surface area (Å²) < 4.78 is 1.45. The minimum atomic E-state index is -0.760. The average Bonchev–Trinajstić information content (AvgIpc) is 2.38. The number of carbonyl (C=O) groups is 1. The van der Waals surface area contributed by atoms with Gasteiger partial charge in [0.2, 0.25) is 0 Å². The molecule has 0 unspecified atom stereocenters. The molecule has 2 amide bonds. The third-order valence-corrected chi connectivity index (χ3v) is 2.83. The van der Waals surface area contributed by atoms with Gasteiger partial charge in [0.1, 0.15) is 5.82 Å². The molecule has 1 aromatic heterocycles. The quantitative estimate of drug-likeness (QED) is 0.515. The molecule has 0 radical (unpaired) electrons. The molecule has 6 N–H and O–H groups in total. The van der Waals surface area contributed by atoms with Gasteiger partial charge in [0.15, 0.2) is 0 Å². The number of aliphatic hydroxyl groups excluding tert-OH is 1. The zero-order valence-electron chi connectivity index (χ0n) is 11.3. The first-order valence-electron chi connectivity index (χ1n) is 6.53. The Morgan fingerprint density at radius 2 is 2.15 bits per heavy atom. The minimum Gasteiger partial charge on any atom is -0.396 e. The van der Waals surface area contributed by atoms with Gasteiger partial charge in [-0.15, -0.1) is 0 Å². The molecule has 1 rings (SSSR count). The number of urea groups is 1. The fourth-order valence-electron chi connectivity index (χ4n) is 1.82. The smallest absolute Gasteiger partial charge is 0.349 e. The van der Waals surface area contributed by atoms with Gasteiger partial charge < -0.3 is 16.6 Å². The van der Waals surface area contributed by atoms with Crippen molar-refractivity contribution in [1.82, 2.24) is 9.55 Å². The molecule has 0 aliphatic carbocycles. The van der Waals surface area contributed by atoms with Gasteiger partial charge in [0, 0.05) is 25.4 Å². The molecule has 0 aliphatic heterocycles. The zero-order valence-corrected chi connectivity index (χ0v) is 11.3. The van der Waals surface area contributed by atoms with Crippen molar-refractivity contribution in [2.24, 2.45) is 11.5 Å². The van der Waals surface area contributed by atoms with E-state index in [0.29, 0.717) is 13.0 Å². The molecule has 0 aromatic carbocycles. The topological polar surface area (TPSA) is 136 Å². The number of carbonyl (C=O) groups excluding carboxylic acids is 1. The summed E-state index contributed by atoms with van der Waals surface area (Å²) in [7, 11) is 0. The molecule has 8 heteroatoms. The van der Waals surface area contributed by atoms with Crippen molar-refractivity contribution in [3.8, 4) is 0 Å². The summed E-state index contributed by atoms with van der Waals surface area (Å²) in [4.78, 5) is 26.0. The van der Waals surface area contributed by atoms with E-state index in [1.54, 1.807) is 6.20 Å². The maximum absolute atomic E-state index is 11.7. The molecule has 20 heavy (non-hydrogen) atoms. The summed E-state index contributed by atoms with van der Waals surface area (Å²) in [5.74, 6) is 0.137. The lowest BCUT2D eigenvalue weighted by Gasteiger charge is -2.11. The summed E-state index contributed by atoms with van der Waals surface area (Å²) >= 11 is 0. The van der Waals surface area contributed by atoms with Gasteiger partial charge in [0.05, 0.1) is 0 Å². The second-order valence-corrected chi connectivity index (χ2v) is 4.55. The van der Waals surface area contributed by atoms with E-state index < -0.39 is 11.7 Å². The van der Waals surface area contributed by atoms with Crippen molar-refractivity contribution >= 4 is 11.8 Å². The van der Waals surface area contributed by atoms with Crippen LogP contribution in [0.5, 0.6) is 0 Å². The number of nitrogens with zero attached hydrogens (tertiary/aromatic N) is 2. The summed E-state index contributed by atoms with van der Waals surface area (Å²) in [6, 6.07) is 0.781. The first-order valence-corrected chi connectivity index (χ1v) is 6.53. The van der Waals surface area contributed by atoms with Gasteiger partial charge in [-0.2, -0.15) is 4.98 Å². The Bertz CT molecular complexity index is 488. The first-order chi connectivity index (χ1) is 9.52. The lowest BCUT2D eigenvalue weighted by atomic mass is 10.1. The standard InChI is InChI=1S/C12H21N5O3/c13-9(4-2-8-18)3-1-6-17-7-5-10(15-11(14)19)16-12(17)20/h5,7,9,18H,1-4,6,8,13H2,(H3,14,15,16,19,20)/t9-/m1/s1. The Balaban J connectivity index is 2.44. The Morgan fingerprint density at radius 3 is 2.75 bits per heavy atom. The van der Waals surface area contributed by atoms with Crippen molar-refractivity contribution in [1.29, 1.82) is 0 Å². The van der Waals surface area contributed by atoms with Crippen molar-refractivity contribution < 1.29 is 9.90 Å². The molecular weight excluding hydrogens is 262 g/mol. The van der Waals surface area contributed by atoms with Crippen LogP contribution in [0.1, 0.15) is 25.7 Å². The summed E-state index contributed by atoms with van der Waals surface area (Å²) in [6.07, 6.45) is 4.53. The van der Waals surface area contributed by atoms with Crippen LogP contribution in [0.2, 0.25) is 0 Å². The van der Waals surface area contributed by atoms with E-state index in [1.807, 2.05) is 0 Å². The van der Waals surface area contributed by atoms with E-state index in [4.69, 9.17) is 16.6 Å². The van der Waals surface area contributed by atoms with Crippen LogP contribution in [-0.2, 0) is 6.54 Å². The number of primary amides is 1. The van der Waals surface area contributed by atoms with Gasteiger partial charge in [-0.1, -0.05) is 0 Å². The van der Waals surface area contributed by atoms with E-state index in [1.165, 1.54) is 10.6 Å². The molecule has 0 fully saturated rings. The third-order valence-electron chi connectivity index (χ3n) is 2.83. The van der Waals surface area contributed by atoms with Crippen molar-refractivity contribution in [2.45, 2.75) is 38.3 Å². The number of aryl methyl sites for hydroxylation is 1. The number of aliphatic hydroxyl groups is 1. The Hall–Kier alpha value is -1.93. The van der Waals surface area contributed by atoms with Crippen LogP contribution >= 0.6 is 0 Å². The number of hydrogen-bond acceptors (Lipinski definition) is 5. The van der Waals surface area contributed by atoms with E-state index in [-0.39, 0.29) is 18.5 Å². The van der Waals surface area contributed by atoms with Gasteiger partial charge in [-0.3, -0.25) is 9.88 Å². The SMILES string of the molecule is NC(=O)Nc1ccn(CCC[C@@H](N)CCCO)c(=O)n1. The first kappa shape index (κ1) is 16.1. The molecule has 8 nitrogen and oxygen atoms in total. The van der Waals surface area contributed by atoms with Crippen molar-refractivity contribution in [2.75, 3.05) is 11.9 Å². The Kier molecular flexibility index (Phi) is 6.68. The molecule has 112 valence electrons. The summed E-state index contributed by atoms with van der Waals surface area (Å²) in [5, 5.41) is 10.9. The minimum absolute atomic E-state index is 0.0293. The fraction of sp³-hybridized carbons (Fsp3) is 0.583. The summed E-state index contributed by atoms with van der Waals surface area (Å²) in [5.41, 5.74) is 10.4. The molecule has 1 aromatic rings. The highest BCUT2D eigenvalue weighted by Crippen LogP contribution is 2.04. The molecule has 0 aliphatic rings. The molecule has 1 heterocycles. The van der Waals surface area contributed by atoms with Gasteiger partial charge in [0.25, 0.3) is 0 Å². The van der Waals surface area contributed by atoms with Crippen LogP contribution in [0.3, 0.4) is 0 Å². The van der Waals surface area contributed by atoms with E-state index in [0.717, 1.165) is 19.3 Å². The number of aromatic nitrogens is 2. The zero-order chi connectivity index (χ0) is 15.0. The predicted octanol–water partition coefficient (Wildman–Crippen LogP) is -0.386. The van der Waals surface area contributed by atoms with Crippen LogP contribution in [0.15, 0.2) is 17.1 Å². The number of nitrogens with one attached hydrogen (secondary N) is 1. The molecule has 0 spiro atoms. The molecule has 1 atom stereocenters. The highest BCUT2D eigenvalue weighted by atomic mass is 16.3. The Morgan fingerprint density at radius 1 is 1.45 bits per heavy atom. The van der Waals surface area contributed by atoms with Crippen molar-refractivity contribution in [3.63, 3.8) is 0 Å². The second-order valence-electron chi connectivity index (χ2n) is 4.55. The van der Waals surface area contributed by atoms with Crippen LogP contribution in [0, 0.1) is 0 Å². The maximum Gasteiger partial charge on any atom is 0.349 e. The molecular formula is C12H21N5O3. The number of nitrogens with two attached hydrogens (primary N) is 2. The van der Waals surface area contributed by atoms with Crippen LogP contribution in [0.25, 0.3) is 0 Å². The molecule has 0 saturated heterocycles. The predicted molar refractivity (Wildman–Crippen MR) is 75.2 cm³/mol. The normalized spacial score (nSPS) is 12.1. The van der Waals surface area contributed by atoms with Gasteiger partial charge in [-0.05, 0) is 31.7 Å². The second kappa shape index (κ2) is 8.28. The van der Waals surface area contributed by atoms with Crippen LogP contribution in [0.4, 0.5) is 10.6 Å². The monoisotopic (exact) mass is 283 g/mol. The number of amides is 2. The highest BCUT2D eigenvalue weighted by Gasteiger charge is 2.04. The van der Waals surface area contributed by atoms with Crippen LogP contribution < -0.4 is 22.5 Å². The third kappa shape index (κ3) is 5.81. The van der Waals surface area contributed by atoms with E-state index in [2.05, 4.69) is 10.3 Å². The van der Waals surface area contributed by atoms with Gasteiger partial charge >= 0.3 is 11.7 Å². The number of rotatable bonds is 8. The van der Waals surface area contributed by atoms with Gasteiger partial charge in [-0.25, -0.2) is 9.59 Å².